The Bertz CT molecular complexity index is 1240. The number of rotatable bonds is 6. The van der Waals surface area contributed by atoms with Crippen LogP contribution in [-0.4, -0.2) is 52.1 Å². The summed E-state index contributed by atoms with van der Waals surface area (Å²) < 4.78 is 5.76. The Kier molecular flexibility index (Phi) is 6.17. The molecule has 0 aliphatic carbocycles. The highest BCUT2D eigenvalue weighted by molar-refractivity contribution is 5.85. The van der Waals surface area contributed by atoms with Crippen molar-refractivity contribution in [3.05, 3.63) is 83.7 Å². The standard InChI is InChI=1S/C27H28N4O2/c1-20-9-11-22(12-10-20)27-29-28-25(33-27)13-14-26(32)31-17-15-30(16-18-31)19-23-7-4-6-21-5-2-3-8-24(21)23/h2-12H,13-19H2,1H3. The zero-order chi connectivity index (χ0) is 22.6. The van der Waals surface area contributed by atoms with Gasteiger partial charge in [0.05, 0.1) is 0 Å². The van der Waals surface area contributed by atoms with Crippen LogP contribution in [0.5, 0.6) is 0 Å². The number of carbonyl (C=O) groups is 1. The lowest BCUT2D eigenvalue weighted by Gasteiger charge is -2.35. The fourth-order valence-corrected chi connectivity index (χ4v) is 4.37. The van der Waals surface area contributed by atoms with Crippen LogP contribution in [0.25, 0.3) is 22.2 Å². The average molecular weight is 441 g/mol. The monoisotopic (exact) mass is 440 g/mol. The van der Waals surface area contributed by atoms with E-state index >= 15 is 0 Å². The van der Waals surface area contributed by atoms with Crippen molar-refractivity contribution in [1.82, 2.24) is 20.0 Å². The fraction of sp³-hybridized carbons (Fsp3) is 0.296. The van der Waals surface area contributed by atoms with Crippen molar-refractivity contribution in [3.63, 3.8) is 0 Å². The number of aromatic nitrogens is 2. The van der Waals surface area contributed by atoms with E-state index < -0.39 is 0 Å². The van der Waals surface area contributed by atoms with Gasteiger partial charge < -0.3 is 9.32 Å². The third kappa shape index (κ3) is 4.96. The molecule has 2 heterocycles. The van der Waals surface area contributed by atoms with Crippen LogP contribution in [0, 0.1) is 6.92 Å². The average Bonchev–Trinajstić information content (AvgIpc) is 3.33. The highest BCUT2D eigenvalue weighted by atomic mass is 16.4. The van der Waals surface area contributed by atoms with E-state index in [1.807, 2.05) is 36.1 Å². The van der Waals surface area contributed by atoms with Crippen LogP contribution in [0.3, 0.4) is 0 Å². The minimum atomic E-state index is 0.148. The Morgan fingerprint density at radius 3 is 2.48 bits per heavy atom. The summed E-state index contributed by atoms with van der Waals surface area (Å²) in [5.74, 6) is 1.16. The molecule has 0 N–H and O–H groups in total. The molecule has 1 fully saturated rings. The van der Waals surface area contributed by atoms with Gasteiger partial charge in [-0.2, -0.15) is 0 Å². The molecule has 0 bridgehead atoms. The number of fused-ring (bicyclic) bond motifs is 1. The minimum Gasteiger partial charge on any atom is -0.421 e. The molecule has 1 amide bonds. The molecule has 0 saturated carbocycles. The Hall–Kier alpha value is -3.51. The van der Waals surface area contributed by atoms with Gasteiger partial charge in [0.1, 0.15) is 0 Å². The molecule has 4 aromatic rings. The molecular formula is C27H28N4O2. The van der Waals surface area contributed by atoms with Gasteiger partial charge in [0.2, 0.25) is 17.7 Å². The van der Waals surface area contributed by atoms with Crippen LogP contribution in [0.15, 0.2) is 71.1 Å². The van der Waals surface area contributed by atoms with Crippen LogP contribution in [0.1, 0.15) is 23.4 Å². The van der Waals surface area contributed by atoms with Crippen LogP contribution < -0.4 is 0 Å². The third-order valence-electron chi connectivity index (χ3n) is 6.32. The zero-order valence-electron chi connectivity index (χ0n) is 18.9. The molecule has 168 valence electrons. The molecule has 1 saturated heterocycles. The van der Waals surface area contributed by atoms with Gasteiger partial charge in [-0.15, -0.1) is 10.2 Å². The lowest BCUT2D eigenvalue weighted by Crippen LogP contribution is -2.48. The van der Waals surface area contributed by atoms with Crippen molar-refractivity contribution < 1.29 is 9.21 Å². The molecule has 1 aliphatic heterocycles. The second-order valence-electron chi connectivity index (χ2n) is 8.66. The van der Waals surface area contributed by atoms with E-state index in [0.29, 0.717) is 24.6 Å². The highest BCUT2D eigenvalue weighted by Gasteiger charge is 2.22. The predicted octanol–water partition coefficient (Wildman–Crippen LogP) is 4.48. The number of carbonyl (C=O) groups excluding carboxylic acids is 1. The Balaban J connectivity index is 1.12. The highest BCUT2D eigenvalue weighted by Crippen LogP contribution is 2.21. The van der Waals surface area contributed by atoms with Crippen LogP contribution in [0.2, 0.25) is 0 Å². The predicted molar refractivity (Wildman–Crippen MR) is 129 cm³/mol. The van der Waals surface area contributed by atoms with E-state index in [-0.39, 0.29) is 5.91 Å². The molecule has 0 atom stereocenters. The normalized spacial score (nSPS) is 14.6. The number of piperazine rings is 1. The van der Waals surface area contributed by atoms with Gasteiger partial charge in [-0.1, -0.05) is 60.2 Å². The SMILES string of the molecule is Cc1ccc(-c2nnc(CCC(=O)N3CCN(Cc4cccc5ccccc45)CC3)o2)cc1. The molecule has 6 heteroatoms. The Morgan fingerprint density at radius 2 is 1.67 bits per heavy atom. The first kappa shape index (κ1) is 21.3. The van der Waals surface area contributed by atoms with Gasteiger partial charge in [-0.05, 0) is 35.4 Å². The summed E-state index contributed by atoms with van der Waals surface area (Å²) >= 11 is 0. The van der Waals surface area contributed by atoms with Crippen molar-refractivity contribution in [2.75, 3.05) is 26.2 Å². The van der Waals surface area contributed by atoms with Crippen LogP contribution >= 0.6 is 0 Å². The largest absolute Gasteiger partial charge is 0.421 e. The topological polar surface area (TPSA) is 62.5 Å². The van der Waals surface area contributed by atoms with Gasteiger partial charge >= 0.3 is 0 Å². The molecule has 0 unspecified atom stereocenters. The first-order valence-electron chi connectivity index (χ1n) is 11.5. The number of aryl methyl sites for hydroxylation is 2. The Morgan fingerprint density at radius 1 is 0.909 bits per heavy atom. The van der Waals surface area contributed by atoms with Gasteiger partial charge in [0.15, 0.2) is 0 Å². The van der Waals surface area contributed by atoms with Crippen LogP contribution in [-0.2, 0) is 17.8 Å². The van der Waals surface area contributed by atoms with Crippen molar-refractivity contribution in [2.45, 2.75) is 26.3 Å². The summed E-state index contributed by atoms with van der Waals surface area (Å²) in [5, 5.41) is 10.8. The number of hydrogen-bond acceptors (Lipinski definition) is 5. The van der Waals surface area contributed by atoms with E-state index in [1.54, 1.807) is 0 Å². The first-order chi connectivity index (χ1) is 16.2. The molecule has 0 radical (unpaired) electrons. The third-order valence-corrected chi connectivity index (χ3v) is 6.32. The summed E-state index contributed by atoms with van der Waals surface area (Å²) in [4.78, 5) is 17.1. The van der Waals surface area contributed by atoms with Gasteiger partial charge in [0, 0.05) is 51.1 Å². The van der Waals surface area contributed by atoms with Gasteiger partial charge in [-0.3, -0.25) is 9.69 Å². The molecule has 1 aliphatic rings. The number of benzene rings is 3. The number of amides is 1. The second-order valence-corrected chi connectivity index (χ2v) is 8.66. The molecular weight excluding hydrogens is 412 g/mol. The molecule has 6 nitrogen and oxygen atoms in total. The van der Waals surface area contributed by atoms with Crippen molar-refractivity contribution >= 4 is 16.7 Å². The summed E-state index contributed by atoms with van der Waals surface area (Å²) in [7, 11) is 0. The maximum absolute atomic E-state index is 12.7. The lowest BCUT2D eigenvalue weighted by atomic mass is 10.0. The quantitative estimate of drug-likeness (QED) is 0.443. The summed E-state index contributed by atoms with van der Waals surface area (Å²) in [6, 6.07) is 23.0. The van der Waals surface area contributed by atoms with E-state index in [4.69, 9.17) is 4.42 Å². The first-order valence-corrected chi connectivity index (χ1v) is 11.5. The Labute approximate surface area is 193 Å². The molecule has 5 rings (SSSR count). The second kappa shape index (κ2) is 9.55. The maximum atomic E-state index is 12.7. The smallest absolute Gasteiger partial charge is 0.247 e. The van der Waals surface area contributed by atoms with E-state index in [2.05, 4.69) is 57.6 Å². The van der Waals surface area contributed by atoms with Gasteiger partial charge in [-0.25, -0.2) is 0 Å². The van der Waals surface area contributed by atoms with Crippen molar-refractivity contribution in [3.8, 4) is 11.5 Å². The van der Waals surface area contributed by atoms with E-state index in [1.165, 1.54) is 21.9 Å². The maximum Gasteiger partial charge on any atom is 0.247 e. The molecule has 3 aromatic carbocycles. The van der Waals surface area contributed by atoms with Crippen molar-refractivity contribution in [2.24, 2.45) is 0 Å². The summed E-state index contributed by atoms with van der Waals surface area (Å²) in [6.45, 7) is 6.22. The lowest BCUT2D eigenvalue weighted by molar-refractivity contribution is -0.133. The van der Waals surface area contributed by atoms with Gasteiger partial charge in [0.25, 0.3) is 0 Å². The molecule has 0 spiro atoms. The minimum absolute atomic E-state index is 0.148. The number of hydrogen-bond donors (Lipinski definition) is 0. The summed E-state index contributed by atoms with van der Waals surface area (Å²) in [6.07, 6.45) is 0.854. The van der Waals surface area contributed by atoms with Crippen LogP contribution in [0.4, 0.5) is 0 Å². The zero-order valence-corrected chi connectivity index (χ0v) is 18.9. The van der Waals surface area contributed by atoms with E-state index in [9.17, 15) is 4.79 Å². The van der Waals surface area contributed by atoms with E-state index in [0.717, 1.165) is 38.3 Å². The molecule has 33 heavy (non-hydrogen) atoms. The summed E-state index contributed by atoms with van der Waals surface area (Å²) in [5.41, 5.74) is 3.42. The fourth-order valence-electron chi connectivity index (χ4n) is 4.37. The molecule has 1 aromatic heterocycles. The van der Waals surface area contributed by atoms with Crippen molar-refractivity contribution in [1.29, 1.82) is 0 Å². The number of nitrogens with zero attached hydrogens (tertiary/aromatic N) is 4.